The van der Waals surface area contributed by atoms with Gasteiger partial charge in [0, 0.05) is 5.69 Å². The van der Waals surface area contributed by atoms with Crippen LogP contribution in [0.25, 0.3) is 11.0 Å². The van der Waals surface area contributed by atoms with Gasteiger partial charge < -0.3 is 28.7 Å². The summed E-state index contributed by atoms with van der Waals surface area (Å²) in [6, 6.07) is 19.4. The van der Waals surface area contributed by atoms with E-state index < -0.39 is 23.6 Å². The lowest BCUT2D eigenvalue weighted by Gasteiger charge is -2.19. The van der Waals surface area contributed by atoms with Crippen LogP contribution in [-0.2, 0) is 4.79 Å². The van der Waals surface area contributed by atoms with Crippen molar-refractivity contribution in [3.05, 3.63) is 88.3 Å². The van der Waals surface area contributed by atoms with Crippen molar-refractivity contribution < 1.29 is 28.2 Å². The molecule has 0 radical (unpaired) electrons. The lowest BCUT2D eigenvalue weighted by Crippen LogP contribution is -2.35. The van der Waals surface area contributed by atoms with Crippen LogP contribution in [0.2, 0.25) is 0 Å². The third-order valence-electron chi connectivity index (χ3n) is 6.03. The molecule has 4 aromatic rings. The highest BCUT2D eigenvalue weighted by atomic mass is 16.7. The Labute approximate surface area is 193 Å². The molecule has 0 bridgehead atoms. The first-order valence-corrected chi connectivity index (χ1v) is 10.7. The Hall–Kier alpha value is -4.46. The summed E-state index contributed by atoms with van der Waals surface area (Å²) in [5.74, 6) is 1.07. The van der Waals surface area contributed by atoms with Gasteiger partial charge in [-0.25, -0.2) is 4.79 Å². The zero-order valence-corrected chi connectivity index (χ0v) is 18.1. The van der Waals surface area contributed by atoms with Gasteiger partial charge in [0.25, 0.3) is 5.91 Å². The number of rotatable bonds is 4. The van der Waals surface area contributed by atoms with Gasteiger partial charge in [-0.1, -0.05) is 18.2 Å². The second kappa shape index (κ2) is 7.84. The van der Waals surface area contributed by atoms with Gasteiger partial charge in [-0.05, 0) is 54.1 Å². The van der Waals surface area contributed by atoms with E-state index in [0.717, 1.165) is 0 Å². The Balaban J connectivity index is 1.45. The molecule has 2 aliphatic rings. The molecule has 0 saturated heterocycles. The molecule has 8 heteroatoms. The first kappa shape index (κ1) is 20.2. The van der Waals surface area contributed by atoms with Crippen molar-refractivity contribution in [3.63, 3.8) is 0 Å². The van der Waals surface area contributed by atoms with E-state index in [4.69, 9.17) is 23.4 Å². The molecule has 2 unspecified atom stereocenters. The number of nitrogens with one attached hydrogen (secondary N) is 1. The summed E-state index contributed by atoms with van der Waals surface area (Å²) < 4.78 is 27.9. The van der Waals surface area contributed by atoms with Gasteiger partial charge in [-0.15, -0.1) is 0 Å². The minimum Gasteiger partial charge on any atom is -0.497 e. The van der Waals surface area contributed by atoms with Crippen LogP contribution in [0, 0.1) is 0 Å². The Bertz CT molecular complexity index is 1480. The highest BCUT2D eigenvalue weighted by Gasteiger charge is 2.44. The number of hydrogen-bond donors (Lipinski definition) is 1. The summed E-state index contributed by atoms with van der Waals surface area (Å²) >= 11 is 0. The molecule has 170 valence electrons. The van der Waals surface area contributed by atoms with E-state index >= 15 is 0 Å². The van der Waals surface area contributed by atoms with Crippen LogP contribution in [0.15, 0.2) is 75.9 Å². The highest BCUT2D eigenvalue weighted by molar-refractivity contribution is 5.97. The van der Waals surface area contributed by atoms with Gasteiger partial charge in [0.2, 0.25) is 6.79 Å². The Morgan fingerprint density at radius 1 is 1.00 bits per heavy atom. The van der Waals surface area contributed by atoms with Crippen molar-refractivity contribution in [1.29, 1.82) is 0 Å². The van der Waals surface area contributed by atoms with Crippen molar-refractivity contribution >= 4 is 22.6 Å². The maximum absolute atomic E-state index is 13.4. The fraction of sp³-hybridized carbons (Fsp3) is 0.154. The van der Waals surface area contributed by atoms with E-state index in [1.165, 1.54) is 0 Å². The number of hydrogen-bond acceptors (Lipinski definition) is 7. The molecular weight excluding hydrogens is 438 g/mol. The lowest BCUT2D eigenvalue weighted by molar-refractivity contribution is -0.122. The average Bonchev–Trinajstić information content (AvgIpc) is 3.49. The number of carbonyl (C=O) groups excluding carboxylic acids is 1. The first-order chi connectivity index (χ1) is 16.6. The second-order valence-electron chi connectivity index (χ2n) is 7.98. The fourth-order valence-electron chi connectivity index (χ4n) is 4.42. The zero-order chi connectivity index (χ0) is 23.2. The van der Waals surface area contributed by atoms with E-state index in [9.17, 15) is 9.59 Å². The first-order valence-electron chi connectivity index (χ1n) is 10.7. The SMILES string of the molecule is COc1ccc(NC(=O)C2Oc3c(c(=O)oc4ccccc34)C2c2ccc3c(c2)OCO3)cc1. The second-order valence-corrected chi connectivity index (χ2v) is 7.98. The van der Waals surface area contributed by atoms with Gasteiger partial charge in [0.15, 0.2) is 17.6 Å². The third kappa shape index (κ3) is 3.23. The molecule has 0 saturated carbocycles. The molecule has 1 amide bonds. The van der Waals surface area contributed by atoms with Crippen molar-refractivity contribution in [2.75, 3.05) is 19.2 Å². The summed E-state index contributed by atoms with van der Waals surface area (Å²) in [6.45, 7) is 0.116. The smallest absolute Gasteiger partial charge is 0.344 e. The molecular formula is C26H19NO7. The standard InChI is InChI=1S/C26H19NO7/c1-30-16-9-7-15(8-10-16)27-25(28)24-21(14-6-11-19-20(12-14)32-13-31-19)22-23(34-24)17-4-2-3-5-18(17)33-26(22)29/h2-12,21,24H,13H2,1H3,(H,27,28). The Kier molecular flexibility index (Phi) is 4.65. The van der Waals surface area contributed by atoms with Crippen molar-refractivity contribution in [2.45, 2.75) is 12.0 Å². The maximum Gasteiger partial charge on any atom is 0.344 e. The summed E-state index contributed by atoms with van der Waals surface area (Å²) in [5.41, 5.74) is 1.41. The number of para-hydroxylation sites is 1. The van der Waals surface area contributed by atoms with E-state index in [1.54, 1.807) is 67.8 Å². The van der Waals surface area contributed by atoms with Crippen LogP contribution >= 0.6 is 0 Å². The van der Waals surface area contributed by atoms with Crippen molar-refractivity contribution in [1.82, 2.24) is 0 Å². The summed E-state index contributed by atoms with van der Waals surface area (Å²) in [4.78, 5) is 26.5. The molecule has 34 heavy (non-hydrogen) atoms. The molecule has 1 aromatic heterocycles. The van der Waals surface area contributed by atoms with Crippen LogP contribution in [0.3, 0.4) is 0 Å². The summed E-state index contributed by atoms with van der Waals surface area (Å²) in [6.07, 6.45) is -1.01. The van der Waals surface area contributed by atoms with Gasteiger partial charge >= 0.3 is 5.63 Å². The quantitative estimate of drug-likeness (QED) is 0.462. The monoisotopic (exact) mass is 457 g/mol. The lowest BCUT2D eigenvalue weighted by atomic mass is 9.88. The number of amides is 1. The summed E-state index contributed by atoms with van der Waals surface area (Å²) in [5, 5.41) is 3.51. The van der Waals surface area contributed by atoms with Gasteiger partial charge in [0.1, 0.15) is 17.1 Å². The van der Waals surface area contributed by atoms with Crippen LogP contribution in [0.4, 0.5) is 5.69 Å². The van der Waals surface area contributed by atoms with Gasteiger partial charge in [-0.2, -0.15) is 0 Å². The number of anilines is 1. The van der Waals surface area contributed by atoms with Gasteiger partial charge in [0.05, 0.1) is 24.0 Å². The molecule has 0 aliphatic carbocycles. The molecule has 2 atom stereocenters. The number of ether oxygens (including phenoxy) is 4. The predicted molar refractivity (Wildman–Crippen MR) is 123 cm³/mol. The van der Waals surface area contributed by atoms with E-state index in [0.29, 0.717) is 50.8 Å². The van der Waals surface area contributed by atoms with E-state index in [1.807, 2.05) is 6.07 Å². The predicted octanol–water partition coefficient (Wildman–Crippen LogP) is 4.06. The van der Waals surface area contributed by atoms with Crippen LogP contribution < -0.4 is 29.9 Å². The molecule has 2 aliphatic heterocycles. The van der Waals surface area contributed by atoms with Gasteiger partial charge in [-0.3, -0.25) is 4.79 Å². The van der Waals surface area contributed by atoms with Crippen molar-refractivity contribution in [2.24, 2.45) is 0 Å². The van der Waals surface area contributed by atoms with E-state index in [-0.39, 0.29) is 6.79 Å². The Morgan fingerprint density at radius 3 is 2.62 bits per heavy atom. The zero-order valence-electron chi connectivity index (χ0n) is 18.1. The van der Waals surface area contributed by atoms with E-state index in [2.05, 4.69) is 5.32 Å². The van der Waals surface area contributed by atoms with Crippen LogP contribution in [0.1, 0.15) is 17.0 Å². The van der Waals surface area contributed by atoms with Crippen molar-refractivity contribution in [3.8, 4) is 23.0 Å². The molecule has 1 N–H and O–H groups in total. The average molecular weight is 457 g/mol. The molecule has 0 fully saturated rings. The van der Waals surface area contributed by atoms with Crippen LogP contribution in [-0.4, -0.2) is 25.9 Å². The maximum atomic E-state index is 13.4. The molecule has 3 aromatic carbocycles. The molecule has 3 heterocycles. The Morgan fingerprint density at radius 2 is 1.79 bits per heavy atom. The molecule has 8 nitrogen and oxygen atoms in total. The normalized spacial score (nSPS) is 17.8. The summed E-state index contributed by atoms with van der Waals surface area (Å²) in [7, 11) is 1.57. The minimum atomic E-state index is -1.01. The third-order valence-corrected chi connectivity index (χ3v) is 6.03. The topological polar surface area (TPSA) is 96.2 Å². The number of fused-ring (bicyclic) bond motifs is 4. The number of methoxy groups -OCH3 is 1. The van der Waals surface area contributed by atoms with Crippen LogP contribution in [0.5, 0.6) is 23.0 Å². The molecule has 6 rings (SSSR count). The highest BCUT2D eigenvalue weighted by Crippen LogP contribution is 2.46. The number of benzene rings is 3. The largest absolute Gasteiger partial charge is 0.497 e. The number of carbonyl (C=O) groups is 1. The fourth-order valence-corrected chi connectivity index (χ4v) is 4.42. The molecule has 0 spiro atoms. The minimum absolute atomic E-state index is 0.116.